The number of piperidine rings is 1. The number of thiazole rings is 1. The van der Waals surface area contributed by atoms with Crippen LogP contribution in [0.5, 0.6) is 0 Å². The molecule has 0 spiro atoms. The molecule has 1 N–H and O–H groups in total. The van der Waals surface area contributed by atoms with E-state index in [1.54, 1.807) is 11.3 Å². The van der Waals surface area contributed by atoms with E-state index in [1.165, 1.54) is 23.5 Å². The Morgan fingerprint density at radius 3 is 2.81 bits per heavy atom. The van der Waals surface area contributed by atoms with Gasteiger partial charge in [0.05, 0.1) is 10.7 Å². The van der Waals surface area contributed by atoms with Crippen molar-refractivity contribution < 1.29 is 0 Å². The highest BCUT2D eigenvalue weighted by molar-refractivity contribution is 7.09. The van der Waals surface area contributed by atoms with Crippen molar-refractivity contribution in [2.45, 2.75) is 46.5 Å². The second-order valence-corrected chi connectivity index (χ2v) is 6.68. The molecule has 5 heteroatoms. The van der Waals surface area contributed by atoms with Crippen LogP contribution in [-0.4, -0.2) is 42.0 Å². The predicted molar refractivity (Wildman–Crippen MR) is 91.1 cm³/mol. The fourth-order valence-electron chi connectivity index (χ4n) is 2.55. The zero-order valence-electron chi connectivity index (χ0n) is 13.6. The van der Waals surface area contributed by atoms with Crippen LogP contribution in [0.4, 0.5) is 0 Å². The lowest BCUT2D eigenvalue weighted by molar-refractivity contribution is 0.273. The number of guanidine groups is 1. The summed E-state index contributed by atoms with van der Waals surface area (Å²) in [7, 11) is 0. The third kappa shape index (κ3) is 4.99. The van der Waals surface area contributed by atoms with E-state index in [1.807, 2.05) is 0 Å². The Morgan fingerprint density at radius 2 is 2.19 bits per heavy atom. The first-order chi connectivity index (χ1) is 10.2. The van der Waals surface area contributed by atoms with E-state index < -0.39 is 0 Å². The Kier molecular flexibility index (Phi) is 6.49. The quantitative estimate of drug-likeness (QED) is 0.671. The summed E-state index contributed by atoms with van der Waals surface area (Å²) in [4.78, 5) is 11.8. The molecule has 4 nitrogen and oxygen atoms in total. The Morgan fingerprint density at radius 1 is 1.43 bits per heavy atom. The van der Waals surface area contributed by atoms with E-state index >= 15 is 0 Å². The van der Waals surface area contributed by atoms with Gasteiger partial charge in [-0.2, -0.15) is 0 Å². The van der Waals surface area contributed by atoms with E-state index in [0.29, 0.717) is 0 Å². The van der Waals surface area contributed by atoms with Gasteiger partial charge in [-0.25, -0.2) is 4.98 Å². The molecule has 1 aromatic rings. The summed E-state index contributed by atoms with van der Waals surface area (Å²) in [5.74, 6) is 1.93. The summed E-state index contributed by atoms with van der Waals surface area (Å²) in [6, 6.07) is 0. The van der Waals surface area contributed by atoms with Crippen molar-refractivity contribution in [3.63, 3.8) is 0 Å². The Balaban J connectivity index is 1.88. The van der Waals surface area contributed by atoms with Gasteiger partial charge in [0.25, 0.3) is 0 Å². The van der Waals surface area contributed by atoms with Gasteiger partial charge in [0.15, 0.2) is 5.96 Å². The van der Waals surface area contributed by atoms with Gasteiger partial charge in [-0.3, -0.25) is 4.99 Å². The third-order valence-electron chi connectivity index (χ3n) is 3.95. The molecule has 1 aromatic heterocycles. The SMILES string of the molecule is CCNC(=NCCc1csc(CC)n1)N1CCC(C)CC1. The Bertz CT molecular complexity index is 447. The lowest BCUT2D eigenvalue weighted by Crippen LogP contribution is -2.45. The van der Waals surface area contributed by atoms with Crippen LogP contribution >= 0.6 is 11.3 Å². The van der Waals surface area contributed by atoms with Gasteiger partial charge in [-0.05, 0) is 32.1 Å². The number of hydrogen-bond donors (Lipinski definition) is 1. The van der Waals surface area contributed by atoms with Gasteiger partial charge in [-0.15, -0.1) is 11.3 Å². The molecule has 0 unspecified atom stereocenters. The number of aromatic nitrogens is 1. The summed E-state index contributed by atoms with van der Waals surface area (Å²) in [5, 5.41) is 6.83. The summed E-state index contributed by atoms with van der Waals surface area (Å²) >= 11 is 1.76. The van der Waals surface area contributed by atoms with Gasteiger partial charge in [0.2, 0.25) is 0 Å². The highest BCUT2D eigenvalue weighted by Crippen LogP contribution is 2.16. The van der Waals surface area contributed by atoms with Gasteiger partial charge in [-0.1, -0.05) is 13.8 Å². The zero-order valence-corrected chi connectivity index (χ0v) is 14.4. The molecule has 0 radical (unpaired) electrons. The second-order valence-electron chi connectivity index (χ2n) is 5.74. The van der Waals surface area contributed by atoms with Crippen molar-refractivity contribution in [2.75, 3.05) is 26.2 Å². The normalized spacial score (nSPS) is 17.3. The summed E-state index contributed by atoms with van der Waals surface area (Å²) in [6.07, 6.45) is 4.52. The Labute approximate surface area is 132 Å². The lowest BCUT2D eigenvalue weighted by atomic mass is 10.00. The van der Waals surface area contributed by atoms with Crippen molar-refractivity contribution in [3.8, 4) is 0 Å². The molecular weight excluding hydrogens is 280 g/mol. The maximum Gasteiger partial charge on any atom is 0.193 e. The molecule has 118 valence electrons. The molecule has 0 saturated carbocycles. The molecule has 1 aliphatic rings. The van der Waals surface area contributed by atoms with E-state index in [2.05, 4.69) is 41.4 Å². The Hall–Kier alpha value is -1.10. The summed E-state index contributed by atoms with van der Waals surface area (Å²) in [6.45, 7) is 10.6. The number of nitrogens with zero attached hydrogens (tertiary/aromatic N) is 3. The van der Waals surface area contributed by atoms with Crippen LogP contribution in [-0.2, 0) is 12.8 Å². The molecule has 0 atom stereocenters. The van der Waals surface area contributed by atoms with Crippen molar-refractivity contribution >= 4 is 17.3 Å². The maximum atomic E-state index is 4.79. The fraction of sp³-hybridized carbons (Fsp3) is 0.750. The molecule has 0 bridgehead atoms. The van der Waals surface area contributed by atoms with E-state index in [4.69, 9.17) is 4.99 Å². The topological polar surface area (TPSA) is 40.5 Å². The van der Waals surface area contributed by atoms with Crippen molar-refractivity contribution in [3.05, 3.63) is 16.1 Å². The van der Waals surface area contributed by atoms with E-state index in [0.717, 1.165) is 50.9 Å². The number of likely N-dealkylation sites (tertiary alicyclic amines) is 1. The van der Waals surface area contributed by atoms with Crippen LogP contribution in [0.3, 0.4) is 0 Å². The van der Waals surface area contributed by atoms with Gasteiger partial charge in [0.1, 0.15) is 0 Å². The summed E-state index contributed by atoms with van der Waals surface area (Å²) in [5.41, 5.74) is 1.18. The van der Waals surface area contributed by atoms with Crippen molar-refractivity contribution in [1.82, 2.24) is 15.2 Å². The monoisotopic (exact) mass is 308 g/mol. The predicted octanol–water partition coefficient (Wildman–Crippen LogP) is 2.95. The molecule has 0 aromatic carbocycles. The molecule has 1 saturated heterocycles. The molecule has 0 amide bonds. The van der Waals surface area contributed by atoms with Crippen molar-refractivity contribution in [2.24, 2.45) is 10.9 Å². The fourth-order valence-corrected chi connectivity index (χ4v) is 3.33. The van der Waals surface area contributed by atoms with Crippen LogP contribution in [0.15, 0.2) is 10.4 Å². The first kappa shape index (κ1) is 16.3. The average molecular weight is 308 g/mol. The highest BCUT2D eigenvalue weighted by atomic mass is 32.1. The van der Waals surface area contributed by atoms with Crippen LogP contribution in [0.25, 0.3) is 0 Å². The first-order valence-electron chi connectivity index (χ1n) is 8.19. The largest absolute Gasteiger partial charge is 0.357 e. The molecule has 1 aliphatic heterocycles. The van der Waals surface area contributed by atoms with E-state index in [9.17, 15) is 0 Å². The maximum absolute atomic E-state index is 4.79. The molecule has 21 heavy (non-hydrogen) atoms. The molecule has 2 rings (SSSR count). The number of nitrogens with one attached hydrogen (secondary N) is 1. The lowest BCUT2D eigenvalue weighted by Gasteiger charge is -2.33. The van der Waals surface area contributed by atoms with Crippen LogP contribution < -0.4 is 5.32 Å². The smallest absolute Gasteiger partial charge is 0.193 e. The van der Waals surface area contributed by atoms with Gasteiger partial charge < -0.3 is 10.2 Å². The summed E-state index contributed by atoms with van der Waals surface area (Å²) < 4.78 is 0. The molecule has 2 heterocycles. The van der Waals surface area contributed by atoms with Crippen molar-refractivity contribution in [1.29, 1.82) is 0 Å². The molecule has 0 aliphatic carbocycles. The highest BCUT2D eigenvalue weighted by Gasteiger charge is 2.18. The first-order valence-corrected chi connectivity index (χ1v) is 9.07. The third-order valence-corrected chi connectivity index (χ3v) is 4.99. The van der Waals surface area contributed by atoms with E-state index in [-0.39, 0.29) is 0 Å². The van der Waals surface area contributed by atoms with Crippen LogP contribution in [0.1, 0.15) is 44.3 Å². The number of hydrogen-bond acceptors (Lipinski definition) is 3. The van der Waals surface area contributed by atoms with Crippen LogP contribution in [0.2, 0.25) is 0 Å². The minimum absolute atomic E-state index is 0.821. The zero-order chi connectivity index (χ0) is 15.1. The second kappa shape index (κ2) is 8.37. The number of aliphatic imine (C=N–C) groups is 1. The van der Waals surface area contributed by atoms with Gasteiger partial charge >= 0.3 is 0 Å². The number of rotatable bonds is 5. The van der Waals surface area contributed by atoms with Crippen LogP contribution in [0, 0.1) is 5.92 Å². The van der Waals surface area contributed by atoms with Gasteiger partial charge in [0, 0.05) is 38.0 Å². The number of aryl methyl sites for hydroxylation is 1. The molecular formula is C16H28N4S. The molecule has 1 fully saturated rings. The minimum atomic E-state index is 0.821. The minimum Gasteiger partial charge on any atom is -0.357 e. The average Bonchev–Trinajstić information content (AvgIpc) is 2.95. The standard InChI is InChI=1S/C16H28N4S/c1-4-15-19-14(12-21-15)6-9-18-16(17-5-2)20-10-7-13(3)8-11-20/h12-13H,4-11H2,1-3H3,(H,17,18).